The lowest BCUT2D eigenvalue weighted by atomic mass is 10.0. The second-order valence-electron chi connectivity index (χ2n) is 5.86. The van der Waals surface area contributed by atoms with Crippen LogP contribution in [0.1, 0.15) is 22.8 Å². The van der Waals surface area contributed by atoms with E-state index < -0.39 is 5.60 Å². The molecular formula is C15H19N5O3. The second-order valence-corrected chi connectivity index (χ2v) is 5.86. The highest BCUT2D eigenvalue weighted by Crippen LogP contribution is 2.25. The van der Waals surface area contributed by atoms with Crippen LogP contribution in [0, 0.1) is 6.92 Å². The van der Waals surface area contributed by atoms with Gasteiger partial charge in [0.2, 0.25) is 5.95 Å². The topological polar surface area (TPSA) is 95.6 Å². The van der Waals surface area contributed by atoms with Crippen LogP contribution in [0.5, 0.6) is 0 Å². The average Bonchev–Trinajstić information content (AvgIpc) is 3.14. The minimum Gasteiger partial charge on any atom is -0.448 e. The summed E-state index contributed by atoms with van der Waals surface area (Å²) < 4.78 is 5.06. The first kappa shape index (κ1) is 15.4. The lowest BCUT2D eigenvalue weighted by Gasteiger charge is -2.28. The van der Waals surface area contributed by atoms with Crippen molar-refractivity contribution in [3.05, 3.63) is 36.3 Å². The monoisotopic (exact) mass is 317 g/mol. The van der Waals surface area contributed by atoms with Crippen LogP contribution in [-0.2, 0) is 0 Å². The number of aliphatic hydroxyl groups is 1. The zero-order chi connectivity index (χ0) is 16.4. The van der Waals surface area contributed by atoms with Gasteiger partial charge in [0.25, 0.3) is 5.91 Å². The van der Waals surface area contributed by atoms with Crippen LogP contribution in [0.2, 0.25) is 0 Å². The first-order valence-corrected chi connectivity index (χ1v) is 7.39. The Bertz CT molecular complexity index is 689. The molecule has 1 aliphatic rings. The van der Waals surface area contributed by atoms with Crippen molar-refractivity contribution in [2.45, 2.75) is 18.9 Å². The van der Waals surface area contributed by atoms with E-state index in [2.05, 4.69) is 15.0 Å². The van der Waals surface area contributed by atoms with Gasteiger partial charge in [0.15, 0.2) is 11.6 Å². The van der Waals surface area contributed by atoms with E-state index in [1.807, 2.05) is 4.90 Å². The molecule has 1 amide bonds. The predicted molar refractivity (Wildman–Crippen MR) is 82.0 cm³/mol. The summed E-state index contributed by atoms with van der Waals surface area (Å²) in [5.74, 6) is 0.753. The summed E-state index contributed by atoms with van der Waals surface area (Å²) in [6.45, 7) is 2.91. The predicted octanol–water partition coefficient (Wildman–Crippen LogP) is 0.486. The van der Waals surface area contributed by atoms with Gasteiger partial charge in [-0.15, -0.1) is 0 Å². The summed E-state index contributed by atoms with van der Waals surface area (Å²) in [6, 6.07) is 1.75. The van der Waals surface area contributed by atoms with Gasteiger partial charge < -0.3 is 19.3 Å². The molecule has 122 valence electrons. The first-order chi connectivity index (χ1) is 11.0. The minimum absolute atomic E-state index is 0.209. The number of carbonyl (C=O) groups excluding carboxylic acids is 1. The SMILES string of the molecule is Cc1nc(C(=O)N(C)CC2(O)CCN(c3ncccn3)C2)co1. The van der Waals surface area contributed by atoms with E-state index in [4.69, 9.17) is 4.42 Å². The van der Waals surface area contributed by atoms with Gasteiger partial charge >= 0.3 is 0 Å². The highest BCUT2D eigenvalue weighted by atomic mass is 16.3. The fourth-order valence-corrected chi connectivity index (χ4v) is 2.78. The number of likely N-dealkylation sites (N-methyl/N-ethyl adjacent to an activating group) is 1. The van der Waals surface area contributed by atoms with Crippen molar-refractivity contribution in [3.63, 3.8) is 0 Å². The number of amides is 1. The molecule has 1 aliphatic heterocycles. The molecule has 1 atom stereocenters. The molecule has 1 saturated heterocycles. The standard InChI is InChI=1S/C15H19N5O3/c1-11-18-12(8-23-11)13(21)19(2)9-15(22)4-7-20(10-15)14-16-5-3-6-17-14/h3,5-6,8,22H,4,7,9-10H2,1-2H3. The van der Waals surface area contributed by atoms with Gasteiger partial charge in [0.1, 0.15) is 11.9 Å². The molecule has 23 heavy (non-hydrogen) atoms. The fourth-order valence-electron chi connectivity index (χ4n) is 2.78. The molecular weight excluding hydrogens is 298 g/mol. The molecule has 0 bridgehead atoms. The van der Waals surface area contributed by atoms with Crippen LogP contribution < -0.4 is 4.90 Å². The summed E-state index contributed by atoms with van der Waals surface area (Å²) in [7, 11) is 1.64. The number of anilines is 1. The molecule has 1 N–H and O–H groups in total. The van der Waals surface area contributed by atoms with Crippen LogP contribution in [0.15, 0.2) is 29.1 Å². The van der Waals surface area contributed by atoms with Gasteiger partial charge in [0.05, 0.1) is 13.1 Å². The highest BCUT2D eigenvalue weighted by molar-refractivity contribution is 5.91. The van der Waals surface area contributed by atoms with Crippen molar-refractivity contribution in [1.82, 2.24) is 19.9 Å². The van der Waals surface area contributed by atoms with Gasteiger partial charge in [-0.25, -0.2) is 15.0 Å². The molecule has 3 rings (SSSR count). The molecule has 0 saturated carbocycles. The number of aromatic nitrogens is 3. The number of hydrogen-bond donors (Lipinski definition) is 1. The Balaban J connectivity index is 1.64. The van der Waals surface area contributed by atoms with E-state index in [1.165, 1.54) is 11.2 Å². The molecule has 2 aromatic heterocycles. The number of rotatable bonds is 4. The summed E-state index contributed by atoms with van der Waals surface area (Å²) in [6.07, 6.45) is 5.21. The lowest BCUT2D eigenvalue weighted by molar-refractivity contribution is 0.0261. The van der Waals surface area contributed by atoms with Crippen molar-refractivity contribution in [1.29, 1.82) is 0 Å². The molecule has 3 heterocycles. The Morgan fingerprint density at radius 1 is 1.48 bits per heavy atom. The molecule has 0 spiro atoms. The molecule has 8 heteroatoms. The van der Waals surface area contributed by atoms with Crippen molar-refractivity contribution < 1.29 is 14.3 Å². The van der Waals surface area contributed by atoms with E-state index in [-0.39, 0.29) is 18.1 Å². The quantitative estimate of drug-likeness (QED) is 0.876. The van der Waals surface area contributed by atoms with E-state index in [1.54, 1.807) is 32.4 Å². The van der Waals surface area contributed by atoms with Crippen LogP contribution in [0.4, 0.5) is 5.95 Å². The summed E-state index contributed by atoms with van der Waals surface area (Å²) >= 11 is 0. The van der Waals surface area contributed by atoms with E-state index >= 15 is 0 Å². The number of hydrogen-bond acceptors (Lipinski definition) is 7. The summed E-state index contributed by atoms with van der Waals surface area (Å²) in [5.41, 5.74) is -0.752. The molecule has 8 nitrogen and oxygen atoms in total. The van der Waals surface area contributed by atoms with Gasteiger partial charge in [-0.1, -0.05) is 0 Å². The number of aryl methyl sites for hydroxylation is 1. The van der Waals surface area contributed by atoms with Crippen LogP contribution >= 0.6 is 0 Å². The second kappa shape index (κ2) is 5.96. The first-order valence-electron chi connectivity index (χ1n) is 7.39. The Morgan fingerprint density at radius 3 is 2.87 bits per heavy atom. The zero-order valence-electron chi connectivity index (χ0n) is 13.1. The van der Waals surface area contributed by atoms with Gasteiger partial charge in [-0.2, -0.15) is 0 Å². The zero-order valence-corrected chi connectivity index (χ0v) is 13.1. The highest BCUT2D eigenvalue weighted by Gasteiger charge is 2.39. The molecule has 1 fully saturated rings. The minimum atomic E-state index is -0.998. The summed E-state index contributed by atoms with van der Waals surface area (Å²) in [5, 5.41) is 10.8. The third-order valence-electron chi connectivity index (χ3n) is 3.88. The molecule has 1 unspecified atom stereocenters. The maximum absolute atomic E-state index is 12.3. The maximum atomic E-state index is 12.3. The number of β-amino-alcohol motifs (C(OH)–C–C–N with tert-alkyl or cyclic N) is 1. The third-order valence-corrected chi connectivity index (χ3v) is 3.88. The maximum Gasteiger partial charge on any atom is 0.275 e. The van der Waals surface area contributed by atoms with Gasteiger partial charge in [-0.3, -0.25) is 4.79 Å². The van der Waals surface area contributed by atoms with Crippen LogP contribution in [-0.4, -0.2) is 63.1 Å². The van der Waals surface area contributed by atoms with E-state index in [0.717, 1.165) is 0 Å². The molecule has 2 aromatic rings. The van der Waals surface area contributed by atoms with Crippen molar-refractivity contribution >= 4 is 11.9 Å². The number of nitrogens with zero attached hydrogens (tertiary/aromatic N) is 5. The molecule has 0 aromatic carbocycles. The molecule has 0 radical (unpaired) electrons. The number of carbonyl (C=O) groups is 1. The smallest absolute Gasteiger partial charge is 0.275 e. The summed E-state index contributed by atoms with van der Waals surface area (Å²) in [4.78, 5) is 28.1. The van der Waals surface area contributed by atoms with E-state index in [9.17, 15) is 9.90 Å². The largest absolute Gasteiger partial charge is 0.448 e. The van der Waals surface area contributed by atoms with Gasteiger partial charge in [-0.05, 0) is 12.5 Å². The molecule has 0 aliphatic carbocycles. The van der Waals surface area contributed by atoms with Crippen molar-refractivity contribution in [2.24, 2.45) is 0 Å². The fraction of sp³-hybridized carbons (Fsp3) is 0.467. The van der Waals surface area contributed by atoms with Crippen LogP contribution in [0.3, 0.4) is 0 Å². The van der Waals surface area contributed by atoms with Crippen molar-refractivity contribution in [3.8, 4) is 0 Å². The number of oxazole rings is 1. The Hall–Kier alpha value is -2.48. The van der Waals surface area contributed by atoms with Crippen molar-refractivity contribution in [2.75, 3.05) is 31.6 Å². The normalized spacial score (nSPS) is 20.7. The van der Waals surface area contributed by atoms with Crippen LogP contribution in [0.25, 0.3) is 0 Å². The Morgan fingerprint density at radius 2 is 2.22 bits per heavy atom. The average molecular weight is 317 g/mol. The van der Waals surface area contributed by atoms with E-state index in [0.29, 0.717) is 31.3 Å². The lowest BCUT2D eigenvalue weighted by Crippen LogP contribution is -2.46. The Kier molecular flexibility index (Phi) is 3.99. The Labute approximate surface area is 133 Å². The van der Waals surface area contributed by atoms with Gasteiger partial charge in [0, 0.05) is 32.9 Å². The third kappa shape index (κ3) is 3.31.